The zero-order chi connectivity index (χ0) is 11.2. The van der Waals surface area contributed by atoms with Gasteiger partial charge in [0.2, 0.25) is 0 Å². The maximum absolute atomic E-state index is 5.68. The number of morpholine rings is 1. The summed E-state index contributed by atoms with van der Waals surface area (Å²) in [6.45, 7) is 7.79. The molecular weight excluding hydrogens is 206 g/mol. The summed E-state index contributed by atoms with van der Waals surface area (Å²) in [5.41, 5.74) is 0.933. The van der Waals surface area contributed by atoms with Crippen LogP contribution >= 0.6 is 0 Å². The monoisotopic (exact) mass is 225 g/mol. The fourth-order valence-corrected chi connectivity index (χ4v) is 1.88. The third-order valence-corrected chi connectivity index (χ3v) is 2.84. The number of rotatable bonds is 5. The molecule has 1 aromatic heterocycles. The van der Waals surface area contributed by atoms with Gasteiger partial charge in [-0.1, -0.05) is 12.1 Å². The fourth-order valence-electron chi connectivity index (χ4n) is 1.88. The quantitative estimate of drug-likeness (QED) is 0.790. The predicted molar refractivity (Wildman–Crippen MR) is 60.1 cm³/mol. The molecule has 1 saturated heterocycles. The third kappa shape index (κ3) is 3.30. The van der Waals surface area contributed by atoms with E-state index in [1.54, 1.807) is 6.26 Å². The Hall–Kier alpha value is -0.910. The summed E-state index contributed by atoms with van der Waals surface area (Å²) < 4.78 is 10.4. The van der Waals surface area contributed by atoms with Crippen LogP contribution in [0.25, 0.3) is 0 Å². The van der Waals surface area contributed by atoms with Crippen LogP contribution < -0.4 is 5.32 Å². The second kappa shape index (κ2) is 5.98. The van der Waals surface area contributed by atoms with Crippen LogP contribution in [0.1, 0.15) is 12.6 Å². The Bertz CT molecular complexity index is 289. The van der Waals surface area contributed by atoms with Crippen molar-refractivity contribution in [2.45, 2.75) is 19.6 Å². The number of likely N-dealkylation sites (N-methyl/N-ethyl adjacent to an activating group) is 1. The van der Waals surface area contributed by atoms with E-state index in [0.717, 1.165) is 45.0 Å². The van der Waals surface area contributed by atoms with E-state index in [-0.39, 0.29) is 0 Å². The summed E-state index contributed by atoms with van der Waals surface area (Å²) >= 11 is 0. The molecule has 0 aliphatic carbocycles. The van der Waals surface area contributed by atoms with E-state index in [0.29, 0.717) is 6.10 Å². The van der Waals surface area contributed by atoms with E-state index in [1.165, 1.54) is 0 Å². The molecule has 0 bridgehead atoms. The minimum Gasteiger partial charge on any atom is -0.374 e. The third-order valence-electron chi connectivity index (χ3n) is 2.84. The van der Waals surface area contributed by atoms with Crippen LogP contribution in [0.3, 0.4) is 0 Å². The normalized spacial score (nSPS) is 22.4. The highest BCUT2D eigenvalue weighted by atomic mass is 16.5. The van der Waals surface area contributed by atoms with Gasteiger partial charge in [-0.2, -0.15) is 0 Å². The zero-order valence-electron chi connectivity index (χ0n) is 9.69. The van der Waals surface area contributed by atoms with E-state index in [1.807, 2.05) is 6.07 Å². The van der Waals surface area contributed by atoms with E-state index < -0.39 is 0 Å². The molecule has 1 aromatic rings. The van der Waals surface area contributed by atoms with Gasteiger partial charge in [0.05, 0.1) is 18.4 Å². The number of nitrogens with zero attached hydrogens (tertiary/aromatic N) is 2. The Labute approximate surface area is 95.7 Å². The van der Waals surface area contributed by atoms with Gasteiger partial charge in [0.25, 0.3) is 0 Å². The Morgan fingerprint density at radius 1 is 1.62 bits per heavy atom. The standard InChI is InChI=1S/C11H19N3O2/c1-2-14-4-6-15-11(9-14)8-12-7-10-3-5-16-13-10/h3,5,11-12H,2,4,6-9H2,1H3. The molecule has 1 aliphatic rings. The lowest BCUT2D eigenvalue weighted by atomic mass is 10.2. The topological polar surface area (TPSA) is 50.5 Å². The van der Waals surface area contributed by atoms with Gasteiger partial charge in [-0.25, -0.2) is 0 Å². The molecule has 1 fully saturated rings. The molecule has 2 rings (SSSR count). The number of ether oxygens (including phenoxy) is 1. The lowest BCUT2D eigenvalue weighted by molar-refractivity contribution is -0.0254. The molecule has 0 saturated carbocycles. The second-order valence-corrected chi connectivity index (χ2v) is 4.01. The molecule has 1 N–H and O–H groups in total. The SMILES string of the molecule is CCN1CCOC(CNCc2ccon2)C1. The smallest absolute Gasteiger partial charge is 0.124 e. The predicted octanol–water partition coefficient (Wildman–Crippen LogP) is 0.485. The van der Waals surface area contributed by atoms with E-state index in [9.17, 15) is 0 Å². The van der Waals surface area contributed by atoms with Crippen LogP contribution in [0.4, 0.5) is 0 Å². The van der Waals surface area contributed by atoms with Crippen LogP contribution in [0.5, 0.6) is 0 Å². The van der Waals surface area contributed by atoms with Gasteiger partial charge in [-0.15, -0.1) is 0 Å². The minimum absolute atomic E-state index is 0.292. The molecule has 1 unspecified atom stereocenters. The van der Waals surface area contributed by atoms with Gasteiger partial charge in [0.15, 0.2) is 0 Å². The maximum Gasteiger partial charge on any atom is 0.124 e. The molecule has 1 aliphatic heterocycles. The van der Waals surface area contributed by atoms with E-state index in [2.05, 4.69) is 22.3 Å². The van der Waals surface area contributed by atoms with Crippen molar-refractivity contribution in [3.63, 3.8) is 0 Å². The highest BCUT2D eigenvalue weighted by Crippen LogP contribution is 2.04. The van der Waals surface area contributed by atoms with Crippen molar-refractivity contribution < 1.29 is 9.26 Å². The van der Waals surface area contributed by atoms with Crippen LogP contribution in [-0.4, -0.2) is 48.9 Å². The molecule has 5 heteroatoms. The van der Waals surface area contributed by atoms with Crippen molar-refractivity contribution in [3.05, 3.63) is 18.0 Å². The molecule has 0 radical (unpaired) electrons. The Kier molecular flexibility index (Phi) is 4.33. The molecule has 90 valence electrons. The summed E-state index contributed by atoms with van der Waals surface area (Å²) in [5.74, 6) is 0. The number of nitrogens with one attached hydrogen (secondary N) is 1. The first-order valence-electron chi connectivity index (χ1n) is 5.82. The van der Waals surface area contributed by atoms with Crippen molar-refractivity contribution in [1.82, 2.24) is 15.4 Å². The molecule has 1 atom stereocenters. The lowest BCUT2D eigenvalue weighted by Gasteiger charge is -2.32. The van der Waals surface area contributed by atoms with Gasteiger partial charge in [-0.05, 0) is 6.54 Å². The highest BCUT2D eigenvalue weighted by molar-refractivity contribution is 4.94. The van der Waals surface area contributed by atoms with Crippen molar-refractivity contribution in [2.75, 3.05) is 32.8 Å². The van der Waals surface area contributed by atoms with Gasteiger partial charge in [0.1, 0.15) is 6.26 Å². The molecule has 16 heavy (non-hydrogen) atoms. The Morgan fingerprint density at radius 3 is 3.31 bits per heavy atom. The van der Waals surface area contributed by atoms with Gasteiger partial charge >= 0.3 is 0 Å². The minimum atomic E-state index is 0.292. The molecule has 5 nitrogen and oxygen atoms in total. The second-order valence-electron chi connectivity index (χ2n) is 4.01. The van der Waals surface area contributed by atoms with Gasteiger partial charge in [-0.3, -0.25) is 4.90 Å². The van der Waals surface area contributed by atoms with Gasteiger partial charge < -0.3 is 14.6 Å². The van der Waals surface area contributed by atoms with Gasteiger partial charge in [0, 0.05) is 32.2 Å². The van der Waals surface area contributed by atoms with E-state index in [4.69, 9.17) is 9.26 Å². The average Bonchev–Trinajstić information content (AvgIpc) is 2.82. The number of aromatic nitrogens is 1. The molecule has 0 spiro atoms. The van der Waals surface area contributed by atoms with Crippen LogP contribution in [0, 0.1) is 0 Å². The lowest BCUT2D eigenvalue weighted by Crippen LogP contribution is -2.46. The maximum atomic E-state index is 5.68. The zero-order valence-corrected chi connectivity index (χ0v) is 9.69. The number of hydrogen-bond donors (Lipinski definition) is 1. The van der Waals surface area contributed by atoms with Crippen molar-refractivity contribution in [1.29, 1.82) is 0 Å². The summed E-state index contributed by atoms with van der Waals surface area (Å²) in [5, 5.41) is 7.17. The Balaban J connectivity index is 1.65. The molecule has 2 heterocycles. The first-order chi connectivity index (χ1) is 7.88. The summed E-state index contributed by atoms with van der Waals surface area (Å²) in [7, 11) is 0. The van der Waals surface area contributed by atoms with E-state index >= 15 is 0 Å². The highest BCUT2D eigenvalue weighted by Gasteiger charge is 2.18. The molecular formula is C11H19N3O2. The fraction of sp³-hybridized carbons (Fsp3) is 0.727. The number of hydrogen-bond acceptors (Lipinski definition) is 5. The summed E-state index contributed by atoms with van der Waals surface area (Å²) in [6.07, 6.45) is 1.88. The largest absolute Gasteiger partial charge is 0.374 e. The first kappa shape index (κ1) is 11.6. The van der Waals surface area contributed by atoms with Crippen LogP contribution in [0.2, 0.25) is 0 Å². The average molecular weight is 225 g/mol. The van der Waals surface area contributed by atoms with Crippen molar-refractivity contribution >= 4 is 0 Å². The van der Waals surface area contributed by atoms with Crippen molar-refractivity contribution in [2.24, 2.45) is 0 Å². The molecule has 0 aromatic carbocycles. The molecule has 0 amide bonds. The Morgan fingerprint density at radius 2 is 2.56 bits per heavy atom. The summed E-state index contributed by atoms with van der Waals surface area (Å²) in [4.78, 5) is 2.41. The summed E-state index contributed by atoms with van der Waals surface area (Å²) in [6, 6.07) is 1.87. The van der Waals surface area contributed by atoms with Crippen LogP contribution in [-0.2, 0) is 11.3 Å². The first-order valence-corrected chi connectivity index (χ1v) is 5.82. The van der Waals surface area contributed by atoms with Crippen LogP contribution in [0.15, 0.2) is 16.9 Å². The van der Waals surface area contributed by atoms with Crippen molar-refractivity contribution in [3.8, 4) is 0 Å².